The normalized spacial score (nSPS) is 10.7. The Bertz CT molecular complexity index is 1220. The van der Waals surface area contributed by atoms with E-state index in [4.69, 9.17) is 4.74 Å². The van der Waals surface area contributed by atoms with E-state index < -0.39 is 11.9 Å². The van der Waals surface area contributed by atoms with Crippen LogP contribution < -0.4 is 5.32 Å². The van der Waals surface area contributed by atoms with Crippen LogP contribution in [0.4, 0.5) is 5.69 Å². The molecule has 0 radical (unpaired) electrons. The molecule has 0 saturated heterocycles. The lowest BCUT2D eigenvalue weighted by Crippen LogP contribution is -2.22. The van der Waals surface area contributed by atoms with Crippen LogP contribution in [0, 0.1) is 0 Å². The molecule has 0 bridgehead atoms. The smallest absolute Gasteiger partial charge is 0.316 e. The SMILES string of the molecule is CCn1c(SCC(=O)OCC(=O)Nc2ccccc2-c2ccccc2)nnc1-c1cccs1. The van der Waals surface area contributed by atoms with Crippen LogP contribution in [0.25, 0.3) is 21.8 Å². The van der Waals surface area contributed by atoms with E-state index in [1.165, 1.54) is 11.8 Å². The van der Waals surface area contributed by atoms with Gasteiger partial charge in [0.25, 0.3) is 5.91 Å². The van der Waals surface area contributed by atoms with Gasteiger partial charge in [0.05, 0.1) is 10.6 Å². The number of hydrogen-bond donors (Lipinski definition) is 1. The number of thiophene rings is 1. The zero-order valence-electron chi connectivity index (χ0n) is 17.9. The van der Waals surface area contributed by atoms with Gasteiger partial charge in [0, 0.05) is 17.8 Å². The Labute approximate surface area is 199 Å². The molecule has 0 saturated carbocycles. The highest BCUT2D eigenvalue weighted by atomic mass is 32.2. The van der Waals surface area contributed by atoms with Crippen molar-refractivity contribution in [3.63, 3.8) is 0 Å². The van der Waals surface area contributed by atoms with Crippen LogP contribution in [-0.2, 0) is 20.9 Å². The number of hydrogen-bond acceptors (Lipinski definition) is 7. The summed E-state index contributed by atoms with van der Waals surface area (Å²) >= 11 is 2.83. The number of nitrogens with zero attached hydrogens (tertiary/aromatic N) is 3. The molecule has 7 nitrogen and oxygen atoms in total. The molecule has 2 aromatic heterocycles. The second-order valence-corrected chi connectivity index (χ2v) is 8.83. The summed E-state index contributed by atoms with van der Waals surface area (Å²) < 4.78 is 7.12. The summed E-state index contributed by atoms with van der Waals surface area (Å²) in [4.78, 5) is 25.6. The van der Waals surface area contributed by atoms with Crippen molar-refractivity contribution in [3.8, 4) is 21.8 Å². The van der Waals surface area contributed by atoms with Gasteiger partial charge in [-0.2, -0.15) is 0 Å². The maximum atomic E-state index is 12.4. The van der Waals surface area contributed by atoms with E-state index in [1.807, 2.05) is 83.6 Å². The molecule has 0 spiro atoms. The molecule has 33 heavy (non-hydrogen) atoms. The van der Waals surface area contributed by atoms with Gasteiger partial charge >= 0.3 is 5.97 Å². The second kappa shape index (κ2) is 10.9. The summed E-state index contributed by atoms with van der Waals surface area (Å²) in [5.41, 5.74) is 2.55. The van der Waals surface area contributed by atoms with E-state index in [-0.39, 0.29) is 12.4 Å². The van der Waals surface area contributed by atoms with Gasteiger partial charge in [-0.25, -0.2) is 0 Å². The number of amides is 1. The molecule has 0 atom stereocenters. The number of carbonyl (C=O) groups is 2. The van der Waals surface area contributed by atoms with Crippen molar-refractivity contribution < 1.29 is 14.3 Å². The Kier molecular flexibility index (Phi) is 7.54. The molecular formula is C24H22N4O3S2. The molecule has 0 fully saturated rings. The second-order valence-electron chi connectivity index (χ2n) is 6.94. The van der Waals surface area contributed by atoms with Gasteiger partial charge in [-0.3, -0.25) is 9.59 Å². The average Bonchev–Trinajstić information content (AvgIpc) is 3.52. The average molecular weight is 479 g/mol. The van der Waals surface area contributed by atoms with Crippen LogP contribution >= 0.6 is 23.1 Å². The highest BCUT2D eigenvalue weighted by Gasteiger charge is 2.16. The first kappa shape index (κ1) is 22.8. The Morgan fingerprint density at radius 2 is 1.82 bits per heavy atom. The number of rotatable bonds is 9. The highest BCUT2D eigenvalue weighted by molar-refractivity contribution is 7.99. The largest absolute Gasteiger partial charge is 0.455 e. The first-order chi connectivity index (χ1) is 16.2. The zero-order chi connectivity index (χ0) is 23.0. The number of para-hydroxylation sites is 1. The maximum absolute atomic E-state index is 12.4. The quantitative estimate of drug-likeness (QED) is 0.270. The van der Waals surface area contributed by atoms with E-state index in [9.17, 15) is 9.59 Å². The van der Waals surface area contributed by atoms with Crippen LogP contribution in [0.5, 0.6) is 0 Å². The molecule has 0 aliphatic carbocycles. The Morgan fingerprint density at radius 1 is 1.03 bits per heavy atom. The van der Waals surface area contributed by atoms with Crippen molar-refractivity contribution in [2.75, 3.05) is 17.7 Å². The van der Waals surface area contributed by atoms with E-state index in [0.29, 0.717) is 17.4 Å². The van der Waals surface area contributed by atoms with E-state index in [1.54, 1.807) is 11.3 Å². The third-order valence-electron chi connectivity index (χ3n) is 4.74. The predicted molar refractivity (Wildman–Crippen MR) is 131 cm³/mol. The standard InChI is InChI=1S/C24H22N4O3S2/c1-2-28-23(20-13-8-14-32-20)26-27-24(28)33-16-22(30)31-15-21(29)25-19-12-7-6-11-18(19)17-9-4-3-5-10-17/h3-14H,2,15-16H2,1H3,(H,25,29). The van der Waals surface area contributed by atoms with E-state index in [2.05, 4.69) is 15.5 Å². The molecule has 4 rings (SSSR count). The van der Waals surface area contributed by atoms with Crippen LogP contribution in [0.1, 0.15) is 6.92 Å². The first-order valence-corrected chi connectivity index (χ1v) is 12.2. The minimum atomic E-state index is -0.491. The van der Waals surface area contributed by atoms with Crippen LogP contribution in [-0.4, -0.2) is 39.0 Å². The Balaban J connectivity index is 1.30. The van der Waals surface area contributed by atoms with Crippen LogP contribution in [0.3, 0.4) is 0 Å². The number of anilines is 1. The molecule has 0 unspecified atom stereocenters. The zero-order valence-corrected chi connectivity index (χ0v) is 19.6. The molecule has 1 amide bonds. The third-order valence-corrected chi connectivity index (χ3v) is 6.55. The van der Waals surface area contributed by atoms with E-state index >= 15 is 0 Å². The fourth-order valence-corrected chi connectivity index (χ4v) is 4.75. The monoisotopic (exact) mass is 478 g/mol. The summed E-state index contributed by atoms with van der Waals surface area (Å²) in [5, 5.41) is 13.9. The van der Waals surface area contributed by atoms with Gasteiger partial charge in [-0.15, -0.1) is 21.5 Å². The lowest BCUT2D eigenvalue weighted by Gasteiger charge is -2.11. The fraction of sp³-hybridized carbons (Fsp3) is 0.167. The number of ether oxygens (including phenoxy) is 1. The molecule has 2 aromatic carbocycles. The topological polar surface area (TPSA) is 86.1 Å². The molecule has 2 heterocycles. The van der Waals surface area contributed by atoms with Gasteiger partial charge < -0.3 is 14.6 Å². The Hall–Kier alpha value is -3.43. The minimum Gasteiger partial charge on any atom is -0.455 e. The first-order valence-electron chi connectivity index (χ1n) is 10.4. The van der Waals surface area contributed by atoms with Gasteiger partial charge in [0.15, 0.2) is 17.6 Å². The predicted octanol–water partition coefficient (Wildman–Crippen LogP) is 4.97. The number of thioether (sulfide) groups is 1. The lowest BCUT2D eigenvalue weighted by molar-refractivity contribution is -0.144. The summed E-state index contributed by atoms with van der Waals surface area (Å²) in [6.07, 6.45) is 0. The fourth-order valence-electron chi connectivity index (χ4n) is 3.23. The molecule has 1 N–H and O–H groups in total. The molecular weight excluding hydrogens is 456 g/mol. The summed E-state index contributed by atoms with van der Waals surface area (Å²) in [6, 6.07) is 21.2. The van der Waals surface area contributed by atoms with Crippen molar-refractivity contribution in [1.82, 2.24) is 14.8 Å². The summed E-state index contributed by atoms with van der Waals surface area (Å²) in [5.74, 6) is -0.0701. The van der Waals surface area contributed by atoms with Crippen molar-refractivity contribution in [2.24, 2.45) is 0 Å². The molecule has 168 valence electrons. The van der Waals surface area contributed by atoms with Gasteiger partial charge in [0.1, 0.15) is 0 Å². The van der Waals surface area contributed by atoms with Crippen LogP contribution in [0.15, 0.2) is 77.3 Å². The summed E-state index contributed by atoms with van der Waals surface area (Å²) in [6.45, 7) is 2.32. The van der Waals surface area contributed by atoms with Crippen molar-refractivity contribution in [1.29, 1.82) is 0 Å². The van der Waals surface area contributed by atoms with Gasteiger partial charge in [-0.1, -0.05) is 66.4 Å². The molecule has 4 aromatic rings. The minimum absolute atomic E-state index is 0.0382. The number of esters is 1. The highest BCUT2D eigenvalue weighted by Crippen LogP contribution is 2.28. The van der Waals surface area contributed by atoms with Crippen molar-refractivity contribution >= 4 is 40.7 Å². The third kappa shape index (κ3) is 5.68. The van der Waals surface area contributed by atoms with Gasteiger partial charge in [0.2, 0.25) is 0 Å². The van der Waals surface area contributed by atoms with E-state index in [0.717, 1.165) is 21.8 Å². The molecule has 0 aliphatic heterocycles. The number of carbonyl (C=O) groups excluding carboxylic acids is 2. The Morgan fingerprint density at radius 3 is 2.58 bits per heavy atom. The number of nitrogens with one attached hydrogen (secondary N) is 1. The maximum Gasteiger partial charge on any atom is 0.316 e. The summed E-state index contributed by atoms with van der Waals surface area (Å²) in [7, 11) is 0. The van der Waals surface area contributed by atoms with Crippen LogP contribution in [0.2, 0.25) is 0 Å². The van der Waals surface area contributed by atoms with Crippen molar-refractivity contribution in [2.45, 2.75) is 18.6 Å². The lowest BCUT2D eigenvalue weighted by atomic mass is 10.0. The van der Waals surface area contributed by atoms with Gasteiger partial charge in [-0.05, 0) is 30.0 Å². The van der Waals surface area contributed by atoms with Crippen molar-refractivity contribution in [3.05, 3.63) is 72.1 Å². The number of aromatic nitrogens is 3. The number of benzene rings is 2. The molecule has 0 aliphatic rings. The molecule has 9 heteroatoms.